The van der Waals surface area contributed by atoms with Gasteiger partial charge in [-0.1, -0.05) is 48.5 Å². The topological polar surface area (TPSA) is 41.6 Å². The smallest absolute Gasteiger partial charge is 0.220 e. The number of aryl methyl sites for hydroxylation is 1. The van der Waals surface area contributed by atoms with Crippen LogP contribution in [-0.2, 0) is 16.0 Å². The second-order valence-electron chi connectivity index (χ2n) is 6.54. The minimum Gasteiger partial charge on any atom is -0.379 e. The Balaban J connectivity index is 1.61. The zero-order chi connectivity index (χ0) is 18.2. The van der Waals surface area contributed by atoms with Gasteiger partial charge in [0.05, 0.1) is 19.3 Å². The Morgan fingerprint density at radius 2 is 1.77 bits per heavy atom. The van der Waals surface area contributed by atoms with Gasteiger partial charge in [-0.25, -0.2) is 4.39 Å². The van der Waals surface area contributed by atoms with E-state index >= 15 is 0 Å². The first kappa shape index (κ1) is 18.5. The van der Waals surface area contributed by atoms with Gasteiger partial charge in [-0.2, -0.15) is 0 Å². The molecule has 0 bridgehead atoms. The molecular formula is C21H25FN2O2. The number of halogens is 1. The largest absolute Gasteiger partial charge is 0.379 e. The molecule has 1 saturated heterocycles. The molecule has 26 heavy (non-hydrogen) atoms. The maximum atomic E-state index is 13.7. The van der Waals surface area contributed by atoms with Crippen molar-refractivity contribution >= 4 is 5.91 Å². The lowest BCUT2D eigenvalue weighted by molar-refractivity contribution is -0.122. The van der Waals surface area contributed by atoms with Crippen LogP contribution >= 0.6 is 0 Å². The maximum Gasteiger partial charge on any atom is 0.220 e. The Morgan fingerprint density at radius 3 is 2.50 bits per heavy atom. The molecule has 4 nitrogen and oxygen atoms in total. The van der Waals surface area contributed by atoms with Crippen LogP contribution in [0, 0.1) is 5.82 Å². The fourth-order valence-corrected chi connectivity index (χ4v) is 3.18. The quantitative estimate of drug-likeness (QED) is 0.829. The van der Waals surface area contributed by atoms with E-state index in [0.29, 0.717) is 12.0 Å². The molecular weight excluding hydrogens is 331 g/mol. The highest BCUT2D eigenvalue weighted by atomic mass is 19.1. The van der Waals surface area contributed by atoms with E-state index in [4.69, 9.17) is 4.74 Å². The molecule has 0 aromatic heterocycles. The Kier molecular flexibility index (Phi) is 6.75. The first-order chi connectivity index (χ1) is 12.7. The molecule has 1 aliphatic heterocycles. The SMILES string of the molecule is O=C(CCc1ccccc1F)NC(CN1CCOCC1)c1ccccc1. The highest BCUT2D eigenvalue weighted by molar-refractivity contribution is 5.76. The van der Waals surface area contributed by atoms with Crippen molar-refractivity contribution in [1.29, 1.82) is 0 Å². The molecule has 0 aliphatic carbocycles. The highest BCUT2D eigenvalue weighted by Crippen LogP contribution is 2.16. The van der Waals surface area contributed by atoms with Crippen molar-refractivity contribution in [2.24, 2.45) is 0 Å². The van der Waals surface area contributed by atoms with Crippen molar-refractivity contribution in [3.63, 3.8) is 0 Å². The van der Waals surface area contributed by atoms with Gasteiger partial charge in [-0.15, -0.1) is 0 Å². The van der Waals surface area contributed by atoms with Gasteiger partial charge in [0.15, 0.2) is 0 Å². The highest BCUT2D eigenvalue weighted by Gasteiger charge is 2.20. The van der Waals surface area contributed by atoms with Crippen LogP contribution in [0.4, 0.5) is 4.39 Å². The van der Waals surface area contributed by atoms with Crippen LogP contribution in [0.25, 0.3) is 0 Å². The number of ether oxygens (including phenoxy) is 1. The Hall–Kier alpha value is -2.24. The summed E-state index contributed by atoms with van der Waals surface area (Å²) in [4.78, 5) is 14.8. The maximum absolute atomic E-state index is 13.7. The van der Waals surface area contributed by atoms with Crippen molar-refractivity contribution in [3.05, 3.63) is 71.5 Å². The van der Waals surface area contributed by atoms with Crippen molar-refractivity contribution in [3.8, 4) is 0 Å². The van der Waals surface area contributed by atoms with Crippen LogP contribution in [0.2, 0.25) is 0 Å². The zero-order valence-corrected chi connectivity index (χ0v) is 14.9. The molecule has 1 heterocycles. The Labute approximate surface area is 154 Å². The number of hydrogen-bond acceptors (Lipinski definition) is 3. The lowest BCUT2D eigenvalue weighted by Gasteiger charge is -2.31. The lowest BCUT2D eigenvalue weighted by atomic mass is 10.0. The second-order valence-corrected chi connectivity index (χ2v) is 6.54. The molecule has 2 aromatic rings. The lowest BCUT2D eigenvalue weighted by Crippen LogP contribution is -2.43. The molecule has 0 spiro atoms. The number of benzene rings is 2. The summed E-state index contributed by atoms with van der Waals surface area (Å²) in [6, 6.07) is 16.5. The third-order valence-corrected chi connectivity index (χ3v) is 4.66. The normalized spacial score (nSPS) is 16.2. The minimum atomic E-state index is -0.256. The van der Waals surface area contributed by atoms with Crippen LogP contribution in [0.1, 0.15) is 23.6 Å². The van der Waals surface area contributed by atoms with Crippen molar-refractivity contribution in [2.45, 2.75) is 18.9 Å². The summed E-state index contributed by atoms with van der Waals surface area (Å²) < 4.78 is 19.1. The van der Waals surface area contributed by atoms with Crippen molar-refractivity contribution in [2.75, 3.05) is 32.8 Å². The fourth-order valence-electron chi connectivity index (χ4n) is 3.18. The van der Waals surface area contributed by atoms with Crippen molar-refractivity contribution < 1.29 is 13.9 Å². The number of amides is 1. The van der Waals surface area contributed by atoms with Crippen LogP contribution < -0.4 is 5.32 Å². The van der Waals surface area contributed by atoms with Gasteiger partial charge in [0.1, 0.15) is 5.82 Å². The van der Waals surface area contributed by atoms with E-state index in [-0.39, 0.29) is 24.2 Å². The number of nitrogens with zero attached hydrogens (tertiary/aromatic N) is 1. The third-order valence-electron chi connectivity index (χ3n) is 4.66. The van der Waals surface area contributed by atoms with Crippen LogP contribution in [0.5, 0.6) is 0 Å². The molecule has 138 valence electrons. The molecule has 1 unspecified atom stereocenters. The molecule has 1 atom stereocenters. The van der Waals surface area contributed by atoms with Gasteiger partial charge in [0.2, 0.25) is 5.91 Å². The summed E-state index contributed by atoms with van der Waals surface area (Å²) in [5.74, 6) is -0.316. The number of morpholine rings is 1. The zero-order valence-electron chi connectivity index (χ0n) is 14.9. The van der Waals surface area contributed by atoms with E-state index < -0.39 is 0 Å². The first-order valence-corrected chi connectivity index (χ1v) is 9.10. The first-order valence-electron chi connectivity index (χ1n) is 9.10. The predicted octanol–water partition coefficient (Wildman–Crippen LogP) is 2.95. The predicted molar refractivity (Wildman–Crippen MR) is 99.3 cm³/mol. The summed E-state index contributed by atoms with van der Waals surface area (Å²) in [5.41, 5.74) is 1.66. The molecule has 1 fully saturated rings. The third kappa shape index (κ3) is 5.38. The van der Waals surface area contributed by atoms with E-state index in [1.54, 1.807) is 18.2 Å². The molecule has 0 saturated carbocycles. The number of hydrogen-bond donors (Lipinski definition) is 1. The van der Waals surface area contributed by atoms with Crippen LogP contribution in [0.15, 0.2) is 54.6 Å². The molecule has 1 amide bonds. The summed E-state index contributed by atoms with van der Waals surface area (Å²) >= 11 is 0. The molecule has 5 heteroatoms. The number of rotatable bonds is 7. The van der Waals surface area contributed by atoms with Gasteiger partial charge in [-0.05, 0) is 23.6 Å². The standard InChI is InChI=1S/C21H25FN2O2/c22-19-9-5-4-6-17(19)10-11-21(25)23-20(18-7-2-1-3-8-18)16-24-12-14-26-15-13-24/h1-9,20H,10-16H2,(H,23,25). The summed E-state index contributed by atoms with van der Waals surface area (Å²) in [7, 11) is 0. The Bertz CT molecular complexity index is 702. The molecule has 1 N–H and O–H groups in total. The molecule has 2 aromatic carbocycles. The molecule has 1 aliphatic rings. The van der Waals surface area contributed by atoms with Gasteiger partial charge in [0.25, 0.3) is 0 Å². The van der Waals surface area contributed by atoms with Crippen molar-refractivity contribution in [1.82, 2.24) is 10.2 Å². The number of carbonyl (C=O) groups excluding carboxylic acids is 1. The van der Waals surface area contributed by atoms with Gasteiger partial charge >= 0.3 is 0 Å². The van der Waals surface area contributed by atoms with E-state index in [9.17, 15) is 9.18 Å². The van der Waals surface area contributed by atoms with Gasteiger partial charge in [-0.3, -0.25) is 9.69 Å². The van der Waals surface area contributed by atoms with Gasteiger partial charge < -0.3 is 10.1 Å². The average molecular weight is 356 g/mol. The van der Waals surface area contributed by atoms with Crippen LogP contribution in [-0.4, -0.2) is 43.7 Å². The van der Waals surface area contributed by atoms with Gasteiger partial charge in [0, 0.05) is 26.1 Å². The van der Waals surface area contributed by atoms with E-state index in [0.717, 1.165) is 38.4 Å². The monoisotopic (exact) mass is 356 g/mol. The fraction of sp³-hybridized carbons (Fsp3) is 0.381. The van der Waals surface area contributed by atoms with E-state index in [1.807, 2.05) is 30.3 Å². The summed E-state index contributed by atoms with van der Waals surface area (Å²) in [6.45, 7) is 3.94. The Morgan fingerprint density at radius 1 is 1.08 bits per heavy atom. The number of nitrogens with one attached hydrogen (secondary N) is 1. The molecule has 0 radical (unpaired) electrons. The summed E-state index contributed by atoms with van der Waals surface area (Å²) in [5, 5.41) is 3.13. The van der Waals surface area contributed by atoms with E-state index in [1.165, 1.54) is 6.07 Å². The van der Waals surface area contributed by atoms with Crippen LogP contribution in [0.3, 0.4) is 0 Å². The van der Waals surface area contributed by atoms with E-state index in [2.05, 4.69) is 10.2 Å². The minimum absolute atomic E-state index is 0.0598. The average Bonchev–Trinajstić information content (AvgIpc) is 2.68. The summed E-state index contributed by atoms with van der Waals surface area (Å²) in [6.07, 6.45) is 0.672. The molecule has 3 rings (SSSR count). The second kappa shape index (κ2) is 9.46. The number of carbonyl (C=O) groups is 1.